The summed E-state index contributed by atoms with van der Waals surface area (Å²) in [4.78, 5) is 27.9. The van der Waals surface area contributed by atoms with Crippen molar-refractivity contribution in [1.29, 1.82) is 0 Å². The van der Waals surface area contributed by atoms with Crippen molar-refractivity contribution >= 4 is 17.5 Å². The zero-order valence-corrected chi connectivity index (χ0v) is 14.6. The first kappa shape index (κ1) is 18.2. The van der Waals surface area contributed by atoms with Gasteiger partial charge in [0.05, 0.1) is 0 Å². The van der Waals surface area contributed by atoms with Gasteiger partial charge in [0.25, 0.3) is 5.91 Å². The Morgan fingerprint density at radius 2 is 2.00 bits per heavy atom. The van der Waals surface area contributed by atoms with E-state index in [0.717, 1.165) is 5.56 Å². The van der Waals surface area contributed by atoms with E-state index in [-0.39, 0.29) is 30.5 Å². The van der Waals surface area contributed by atoms with Crippen molar-refractivity contribution in [2.24, 2.45) is 0 Å². The van der Waals surface area contributed by atoms with Gasteiger partial charge in [0.2, 0.25) is 5.91 Å². The highest BCUT2D eigenvalue weighted by molar-refractivity contribution is 5.96. The zero-order chi connectivity index (χ0) is 19.2. The number of carbonyl (C=O) groups excluding carboxylic acids is 2. The highest BCUT2D eigenvalue weighted by Crippen LogP contribution is 2.17. The molecule has 8 heteroatoms. The van der Waals surface area contributed by atoms with Crippen LogP contribution in [0.5, 0.6) is 0 Å². The lowest BCUT2D eigenvalue weighted by molar-refractivity contribution is -0.116. The van der Waals surface area contributed by atoms with E-state index in [1.165, 1.54) is 29.5 Å². The van der Waals surface area contributed by atoms with Crippen LogP contribution in [0.4, 0.5) is 10.1 Å². The molecule has 2 N–H and O–H groups in total. The summed E-state index contributed by atoms with van der Waals surface area (Å²) in [5.74, 6) is -1.09. The number of anilines is 1. The maximum Gasteiger partial charge on any atom is 0.251 e. The normalized spacial score (nSPS) is 10.4. The maximum absolute atomic E-state index is 14.2. The maximum atomic E-state index is 14.2. The van der Waals surface area contributed by atoms with Crippen molar-refractivity contribution in [3.63, 3.8) is 0 Å². The van der Waals surface area contributed by atoms with Gasteiger partial charge in [-0.25, -0.2) is 14.1 Å². The molecule has 1 heterocycles. The number of aryl methyl sites for hydroxylation is 1. The molecule has 0 aliphatic carbocycles. The molecule has 0 spiro atoms. The highest BCUT2D eigenvalue weighted by Gasteiger charge is 2.10. The molecule has 7 nitrogen and oxygen atoms in total. The summed E-state index contributed by atoms with van der Waals surface area (Å²) < 4.78 is 15.4. The molecule has 0 saturated heterocycles. The summed E-state index contributed by atoms with van der Waals surface area (Å²) in [6.45, 7) is 2.03. The van der Waals surface area contributed by atoms with Gasteiger partial charge in [-0.3, -0.25) is 9.59 Å². The first-order chi connectivity index (χ1) is 13.0. The fraction of sp³-hybridized carbons (Fsp3) is 0.158. The second-order valence-electron chi connectivity index (χ2n) is 5.88. The van der Waals surface area contributed by atoms with Crippen molar-refractivity contribution in [2.75, 3.05) is 11.9 Å². The third-order valence-corrected chi connectivity index (χ3v) is 3.92. The fourth-order valence-corrected chi connectivity index (χ4v) is 2.54. The molecular weight excluding hydrogens is 349 g/mol. The smallest absolute Gasteiger partial charge is 0.251 e. The Bertz CT molecular complexity index is 956. The van der Waals surface area contributed by atoms with Crippen molar-refractivity contribution in [3.8, 4) is 5.69 Å². The molecule has 0 unspecified atom stereocenters. The second-order valence-corrected chi connectivity index (χ2v) is 5.88. The Kier molecular flexibility index (Phi) is 5.55. The van der Waals surface area contributed by atoms with Crippen LogP contribution in [0.2, 0.25) is 0 Å². The Hall–Kier alpha value is -3.55. The van der Waals surface area contributed by atoms with E-state index in [4.69, 9.17) is 0 Å². The quantitative estimate of drug-likeness (QED) is 0.700. The van der Waals surface area contributed by atoms with Crippen LogP contribution in [-0.2, 0) is 4.79 Å². The predicted octanol–water partition coefficient (Wildman–Crippen LogP) is 2.47. The van der Waals surface area contributed by atoms with Gasteiger partial charge >= 0.3 is 0 Å². The standard InChI is InChI=1S/C19H18FN5O2/c1-13-4-2-3-5-15(13)19(27)22-9-8-18(26)24-14-6-7-17(16(20)10-14)25-12-21-11-23-25/h2-7,10-12H,8-9H2,1H3,(H,22,27)(H,24,26). The number of rotatable bonds is 6. The molecule has 0 aliphatic heterocycles. The number of benzene rings is 2. The van der Waals surface area contributed by atoms with Gasteiger partial charge in [0.15, 0.2) is 5.82 Å². The van der Waals surface area contributed by atoms with Crippen molar-refractivity contribution in [1.82, 2.24) is 20.1 Å². The lowest BCUT2D eigenvalue weighted by Crippen LogP contribution is -2.28. The van der Waals surface area contributed by atoms with Gasteiger partial charge < -0.3 is 10.6 Å². The summed E-state index contributed by atoms with van der Waals surface area (Å²) in [5, 5.41) is 9.17. The molecule has 27 heavy (non-hydrogen) atoms. The molecule has 0 bridgehead atoms. The van der Waals surface area contributed by atoms with E-state index in [1.807, 2.05) is 19.1 Å². The van der Waals surface area contributed by atoms with Gasteiger partial charge in [-0.2, -0.15) is 5.10 Å². The molecule has 2 aromatic carbocycles. The first-order valence-corrected chi connectivity index (χ1v) is 8.33. The van der Waals surface area contributed by atoms with Gasteiger partial charge in [0.1, 0.15) is 18.3 Å². The zero-order valence-electron chi connectivity index (χ0n) is 14.6. The topological polar surface area (TPSA) is 88.9 Å². The molecule has 138 valence electrons. The molecule has 0 fully saturated rings. The number of aromatic nitrogens is 3. The Morgan fingerprint density at radius 1 is 1.19 bits per heavy atom. The van der Waals surface area contributed by atoms with Gasteiger partial charge in [-0.05, 0) is 36.8 Å². The van der Waals surface area contributed by atoms with Crippen LogP contribution in [0.25, 0.3) is 5.69 Å². The number of amides is 2. The molecule has 3 aromatic rings. The third kappa shape index (κ3) is 4.55. The fourth-order valence-electron chi connectivity index (χ4n) is 2.54. The van der Waals surface area contributed by atoms with E-state index in [2.05, 4.69) is 20.7 Å². The molecule has 0 atom stereocenters. The van der Waals surface area contributed by atoms with E-state index in [1.54, 1.807) is 18.2 Å². The minimum Gasteiger partial charge on any atom is -0.352 e. The number of halogens is 1. The molecular formula is C19H18FN5O2. The highest BCUT2D eigenvalue weighted by atomic mass is 19.1. The molecule has 0 radical (unpaired) electrons. The van der Waals surface area contributed by atoms with E-state index in [0.29, 0.717) is 11.3 Å². The molecule has 0 aliphatic rings. The van der Waals surface area contributed by atoms with Crippen LogP contribution < -0.4 is 10.6 Å². The van der Waals surface area contributed by atoms with Crippen LogP contribution in [-0.4, -0.2) is 33.1 Å². The van der Waals surface area contributed by atoms with Crippen LogP contribution in [0.3, 0.4) is 0 Å². The lowest BCUT2D eigenvalue weighted by Gasteiger charge is -2.09. The predicted molar refractivity (Wildman–Crippen MR) is 98.1 cm³/mol. The van der Waals surface area contributed by atoms with E-state index in [9.17, 15) is 14.0 Å². The molecule has 0 saturated carbocycles. The van der Waals surface area contributed by atoms with Crippen molar-refractivity contribution < 1.29 is 14.0 Å². The number of carbonyl (C=O) groups is 2. The Labute approximate surface area is 155 Å². The summed E-state index contributed by atoms with van der Waals surface area (Å²) in [5.41, 5.74) is 1.99. The van der Waals surface area contributed by atoms with Crippen LogP contribution in [0.15, 0.2) is 55.1 Å². The lowest BCUT2D eigenvalue weighted by atomic mass is 10.1. The number of hydrogen-bond donors (Lipinski definition) is 2. The Morgan fingerprint density at radius 3 is 2.70 bits per heavy atom. The largest absolute Gasteiger partial charge is 0.352 e. The third-order valence-electron chi connectivity index (χ3n) is 3.92. The number of nitrogens with one attached hydrogen (secondary N) is 2. The summed E-state index contributed by atoms with van der Waals surface area (Å²) in [6.07, 6.45) is 2.76. The summed E-state index contributed by atoms with van der Waals surface area (Å²) in [6, 6.07) is 11.5. The molecule has 2 amide bonds. The van der Waals surface area contributed by atoms with Crippen LogP contribution in [0.1, 0.15) is 22.3 Å². The minimum absolute atomic E-state index is 0.0735. The second kappa shape index (κ2) is 8.22. The van der Waals surface area contributed by atoms with Crippen LogP contribution >= 0.6 is 0 Å². The van der Waals surface area contributed by atoms with Crippen molar-refractivity contribution in [2.45, 2.75) is 13.3 Å². The van der Waals surface area contributed by atoms with E-state index >= 15 is 0 Å². The monoisotopic (exact) mass is 367 g/mol. The van der Waals surface area contributed by atoms with Gasteiger partial charge in [-0.1, -0.05) is 18.2 Å². The minimum atomic E-state index is -0.536. The number of nitrogens with zero attached hydrogens (tertiary/aromatic N) is 3. The van der Waals surface area contributed by atoms with Crippen LogP contribution in [0, 0.1) is 12.7 Å². The summed E-state index contributed by atoms with van der Waals surface area (Å²) in [7, 11) is 0. The Balaban J connectivity index is 1.52. The SMILES string of the molecule is Cc1ccccc1C(=O)NCCC(=O)Nc1ccc(-n2cncn2)c(F)c1. The first-order valence-electron chi connectivity index (χ1n) is 8.33. The molecule has 3 rings (SSSR count). The van der Waals surface area contributed by atoms with Crippen molar-refractivity contribution in [3.05, 3.63) is 72.1 Å². The van der Waals surface area contributed by atoms with Gasteiger partial charge in [-0.15, -0.1) is 0 Å². The van der Waals surface area contributed by atoms with E-state index < -0.39 is 5.82 Å². The summed E-state index contributed by atoms with van der Waals surface area (Å²) >= 11 is 0. The number of hydrogen-bond acceptors (Lipinski definition) is 4. The van der Waals surface area contributed by atoms with Gasteiger partial charge in [0, 0.05) is 24.2 Å². The average Bonchev–Trinajstić information content (AvgIpc) is 3.16. The average molecular weight is 367 g/mol. The molecule has 1 aromatic heterocycles.